The molecule has 0 radical (unpaired) electrons. The third kappa shape index (κ3) is 2.44. The Morgan fingerprint density at radius 1 is 1.23 bits per heavy atom. The molecule has 8 heteroatoms. The Morgan fingerprint density at radius 2 is 1.73 bits per heavy atom. The minimum absolute atomic E-state index is 0.0382. The van der Waals surface area contributed by atoms with Crippen molar-refractivity contribution >= 4 is 23.7 Å². The van der Waals surface area contributed by atoms with E-state index >= 15 is 0 Å². The summed E-state index contributed by atoms with van der Waals surface area (Å²) in [5.74, 6) is -3.92. The van der Waals surface area contributed by atoms with Gasteiger partial charge in [-0.05, 0) is 19.1 Å². The molecule has 3 amide bonds. The Balaban J connectivity index is 2.39. The Kier molecular flexibility index (Phi) is 4.22. The lowest BCUT2D eigenvalue weighted by Crippen LogP contribution is -2.56. The van der Waals surface area contributed by atoms with Gasteiger partial charge >= 0.3 is 5.97 Å². The molecule has 0 saturated heterocycles. The van der Waals surface area contributed by atoms with Crippen molar-refractivity contribution in [2.45, 2.75) is 19.1 Å². The fraction of sp³-hybridized carbons (Fsp3) is 0.286. The van der Waals surface area contributed by atoms with E-state index in [4.69, 9.17) is 5.73 Å². The van der Waals surface area contributed by atoms with E-state index in [1.807, 2.05) is 0 Å². The van der Waals surface area contributed by atoms with Gasteiger partial charge in [0, 0.05) is 0 Å². The van der Waals surface area contributed by atoms with Gasteiger partial charge in [0.15, 0.2) is 12.1 Å². The van der Waals surface area contributed by atoms with Crippen LogP contribution in [0.1, 0.15) is 27.6 Å². The number of benzene rings is 1. The predicted molar refractivity (Wildman–Crippen MR) is 72.6 cm³/mol. The lowest BCUT2D eigenvalue weighted by atomic mass is 10.1. The van der Waals surface area contributed by atoms with Gasteiger partial charge in [0.1, 0.15) is 0 Å². The smallest absolute Gasteiger partial charge is 0.337 e. The molecule has 22 heavy (non-hydrogen) atoms. The van der Waals surface area contributed by atoms with Crippen LogP contribution in [0, 0.1) is 0 Å². The van der Waals surface area contributed by atoms with Crippen molar-refractivity contribution in [2.24, 2.45) is 5.73 Å². The second kappa shape index (κ2) is 5.94. The molecular formula is C14H14N2O6. The SMILES string of the molecule is CCOC(=O)[C@@H](O)[C@H](C(N)=O)N1C(=O)c2ccccc2C1=O. The summed E-state index contributed by atoms with van der Waals surface area (Å²) >= 11 is 0. The summed E-state index contributed by atoms with van der Waals surface area (Å²) in [5, 5.41) is 9.93. The maximum Gasteiger partial charge on any atom is 0.337 e. The molecule has 0 aromatic heterocycles. The lowest BCUT2D eigenvalue weighted by molar-refractivity contribution is -0.158. The third-order valence-corrected chi connectivity index (χ3v) is 3.22. The number of esters is 1. The van der Waals surface area contributed by atoms with E-state index in [-0.39, 0.29) is 17.7 Å². The fourth-order valence-electron chi connectivity index (χ4n) is 2.24. The van der Waals surface area contributed by atoms with Gasteiger partial charge in [-0.3, -0.25) is 19.3 Å². The molecule has 3 N–H and O–H groups in total. The van der Waals surface area contributed by atoms with Crippen molar-refractivity contribution in [2.75, 3.05) is 6.61 Å². The van der Waals surface area contributed by atoms with Gasteiger partial charge in [0.05, 0.1) is 17.7 Å². The molecule has 0 spiro atoms. The zero-order valence-electron chi connectivity index (χ0n) is 11.7. The number of hydrogen-bond acceptors (Lipinski definition) is 6. The molecule has 1 aliphatic rings. The average Bonchev–Trinajstić information content (AvgIpc) is 2.73. The number of hydrogen-bond donors (Lipinski definition) is 2. The topological polar surface area (TPSA) is 127 Å². The van der Waals surface area contributed by atoms with Crippen LogP contribution in [0.15, 0.2) is 24.3 Å². The average molecular weight is 306 g/mol. The summed E-state index contributed by atoms with van der Waals surface area (Å²) < 4.78 is 4.60. The van der Waals surface area contributed by atoms with E-state index < -0.39 is 35.8 Å². The molecule has 1 aliphatic heterocycles. The Morgan fingerprint density at radius 3 is 2.14 bits per heavy atom. The number of nitrogens with zero attached hydrogens (tertiary/aromatic N) is 1. The van der Waals surface area contributed by atoms with Crippen molar-refractivity contribution in [3.8, 4) is 0 Å². The highest BCUT2D eigenvalue weighted by Gasteiger charge is 2.47. The fourth-order valence-corrected chi connectivity index (χ4v) is 2.24. The number of fused-ring (bicyclic) bond motifs is 1. The number of aliphatic hydroxyl groups excluding tert-OH is 1. The number of nitrogens with two attached hydrogens (primary N) is 1. The summed E-state index contributed by atoms with van der Waals surface area (Å²) in [6.07, 6.45) is -2.04. The zero-order valence-corrected chi connectivity index (χ0v) is 11.7. The van der Waals surface area contributed by atoms with E-state index in [0.717, 1.165) is 0 Å². The van der Waals surface area contributed by atoms with Gasteiger partial charge in [0.2, 0.25) is 5.91 Å². The second-order valence-electron chi connectivity index (χ2n) is 4.57. The third-order valence-electron chi connectivity index (χ3n) is 3.22. The number of primary amides is 1. The minimum atomic E-state index is -2.04. The highest BCUT2D eigenvalue weighted by molar-refractivity contribution is 6.23. The molecule has 2 rings (SSSR count). The summed E-state index contributed by atoms with van der Waals surface area (Å²) in [5.41, 5.74) is 5.31. The molecule has 1 aromatic rings. The van der Waals surface area contributed by atoms with E-state index in [9.17, 15) is 24.3 Å². The standard InChI is InChI=1S/C14H14N2O6/c1-2-22-14(21)10(17)9(11(15)18)16-12(19)7-5-3-4-6-8(7)13(16)20/h3-6,9-10,17H,2H2,1H3,(H2,15,18)/t9-,10+/m1/s1. The zero-order chi connectivity index (χ0) is 16.4. The van der Waals surface area contributed by atoms with Crippen LogP contribution in [0.3, 0.4) is 0 Å². The van der Waals surface area contributed by atoms with Gasteiger partial charge in [-0.1, -0.05) is 12.1 Å². The summed E-state index contributed by atoms with van der Waals surface area (Å²) in [6, 6.07) is 4.09. The second-order valence-corrected chi connectivity index (χ2v) is 4.57. The van der Waals surface area contributed by atoms with Crippen LogP contribution in [0.4, 0.5) is 0 Å². The number of imide groups is 1. The van der Waals surface area contributed by atoms with E-state index in [2.05, 4.69) is 4.74 Å². The van der Waals surface area contributed by atoms with Crippen LogP contribution in [0.5, 0.6) is 0 Å². The quantitative estimate of drug-likeness (QED) is 0.534. The van der Waals surface area contributed by atoms with E-state index in [1.165, 1.54) is 19.1 Å². The number of rotatable bonds is 5. The monoisotopic (exact) mass is 306 g/mol. The van der Waals surface area contributed by atoms with E-state index in [0.29, 0.717) is 4.90 Å². The van der Waals surface area contributed by atoms with Crippen molar-refractivity contribution < 1.29 is 29.0 Å². The first-order valence-electron chi connectivity index (χ1n) is 6.51. The Bertz CT molecular complexity index is 621. The number of carbonyl (C=O) groups excluding carboxylic acids is 4. The van der Waals surface area contributed by atoms with Crippen molar-refractivity contribution in [3.05, 3.63) is 35.4 Å². The van der Waals surface area contributed by atoms with Crippen molar-refractivity contribution in [3.63, 3.8) is 0 Å². The molecule has 8 nitrogen and oxygen atoms in total. The van der Waals surface area contributed by atoms with Gasteiger partial charge in [0.25, 0.3) is 11.8 Å². The predicted octanol–water partition coefficient (Wildman–Crippen LogP) is -0.939. The molecule has 1 aromatic carbocycles. The van der Waals surface area contributed by atoms with Crippen LogP contribution in [0.25, 0.3) is 0 Å². The molecule has 116 valence electrons. The molecule has 0 bridgehead atoms. The summed E-state index contributed by atoms with van der Waals surface area (Å²) in [4.78, 5) is 48.2. The number of carbonyl (C=O) groups is 4. The number of ether oxygens (including phenoxy) is 1. The molecule has 0 aliphatic carbocycles. The minimum Gasteiger partial charge on any atom is -0.464 e. The Hall–Kier alpha value is -2.74. The highest BCUT2D eigenvalue weighted by Crippen LogP contribution is 2.25. The lowest BCUT2D eigenvalue weighted by Gasteiger charge is -2.26. The Labute approximate surface area is 125 Å². The van der Waals surface area contributed by atoms with E-state index in [1.54, 1.807) is 12.1 Å². The number of amides is 3. The normalized spacial score (nSPS) is 16.2. The van der Waals surface area contributed by atoms with Crippen molar-refractivity contribution in [1.29, 1.82) is 0 Å². The van der Waals surface area contributed by atoms with Crippen LogP contribution in [0.2, 0.25) is 0 Å². The summed E-state index contributed by atoms with van der Waals surface area (Å²) in [7, 11) is 0. The van der Waals surface area contributed by atoms with Crippen LogP contribution in [-0.2, 0) is 14.3 Å². The summed E-state index contributed by atoms with van der Waals surface area (Å²) in [6.45, 7) is 1.47. The molecule has 0 unspecified atom stereocenters. The first kappa shape index (κ1) is 15.6. The van der Waals surface area contributed by atoms with Gasteiger partial charge in [-0.15, -0.1) is 0 Å². The largest absolute Gasteiger partial charge is 0.464 e. The van der Waals surface area contributed by atoms with Gasteiger partial charge in [-0.25, -0.2) is 4.79 Å². The van der Waals surface area contributed by atoms with Crippen LogP contribution >= 0.6 is 0 Å². The molecule has 1 heterocycles. The van der Waals surface area contributed by atoms with Crippen LogP contribution in [-0.4, -0.2) is 52.4 Å². The highest BCUT2D eigenvalue weighted by atomic mass is 16.5. The first-order chi connectivity index (χ1) is 10.4. The van der Waals surface area contributed by atoms with Gasteiger partial charge in [-0.2, -0.15) is 0 Å². The molecule has 0 fully saturated rings. The maximum atomic E-state index is 12.3. The van der Waals surface area contributed by atoms with Crippen LogP contribution < -0.4 is 5.73 Å². The maximum absolute atomic E-state index is 12.3. The van der Waals surface area contributed by atoms with Gasteiger partial charge < -0.3 is 15.6 Å². The number of aliphatic hydroxyl groups is 1. The molecular weight excluding hydrogens is 292 g/mol. The molecule has 0 saturated carbocycles. The first-order valence-corrected chi connectivity index (χ1v) is 6.51. The van der Waals surface area contributed by atoms with Crippen molar-refractivity contribution in [1.82, 2.24) is 4.90 Å². The molecule has 2 atom stereocenters.